The Labute approximate surface area is 132 Å². The van der Waals surface area contributed by atoms with E-state index in [-0.39, 0.29) is 0 Å². The first-order chi connectivity index (χ1) is 10.3. The molecule has 1 spiro atoms. The smallest absolute Gasteiger partial charge is 0.115 e. The van der Waals surface area contributed by atoms with Gasteiger partial charge >= 0.3 is 0 Å². The van der Waals surface area contributed by atoms with Crippen LogP contribution in [0, 0.1) is 0 Å². The van der Waals surface area contributed by atoms with Crippen LogP contribution in [0.5, 0.6) is 5.75 Å². The molecule has 122 valence electrons. The van der Waals surface area contributed by atoms with Crippen molar-refractivity contribution >= 4 is 0 Å². The lowest BCUT2D eigenvalue weighted by Gasteiger charge is -2.35. The largest absolute Gasteiger partial charge is 0.508 e. The van der Waals surface area contributed by atoms with E-state index in [2.05, 4.69) is 11.4 Å². The van der Waals surface area contributed by atoms with E-state index in [0.29, 0.717) is 11.2 Å². The topological polar surface area (TPSA) is 32.3 Å². The third kappa shape index (κ3) is 4.74. The molecule has 0 saturated carbocycles. The molecule has 0 amide bonds. The Hall–Kier alpha value is -1.02. The standard InChI is InChI=1S/C13H17NO.3C2H6/c15-11-1-2-12-10(9-11)3-4-13(12)5-7-14-8-6-13;3*1-2/h1-2,9,14-15H,3-8H2;3*1-2H3. The van der Waals surface area contributed by atoms with E-state index in [4.69, 9.17) is 0 Å². The Morgan fingerprint density at radius 1 is 0.905 bits per heavy atom. The molecule has 1 aliphatic heterocycles. The summed E-state index contributed by atoms with van der Waals surface area (Å²) in [6, 6.07) is 5.93. The fourth-order valence-corrected chi connectivity index (χ4v) is 3.24. The molecule has 21 heavy (non-hydrogen) atoms. The van der Waals surface area contributed by atoms with Crippen molar-refractivity contribution in [3.8, 4) is 5.75 Å². The summed E-state index contributed by atoms with van der Waals surface area (Å²) in [6.45, 7) is 14.3. The van der Waals surface area contributed by atoms with Gasteiger partial charge in [0.05, 0.1) is 0 Å². The SMILES string of the molecule is CC.CC.CC.Oc1ccc2c(c1)CCC21CCNCC1. The van der Waals surface area contributed by atoms with Crippen molar-refractivity contribution in [2.75, 3.05) is 13.1 Å². The summed E-state index contributed by atoms with van der Waals surface area (Å²) in [7, 11) is 0. The first-order valence-corrected chi connectivity index (χ1v) is 8.83. The zero-order chi connectivity index (χ0) is 16.3. The molecular formula is C19H35NO. The van der Waals surface area contributed by atoms with Crippen LogP contribution in [-0.4, -0.2) is 18.2 Å². The number of rotatable bonds is 0. The Morgan fingerprint density at radius 2 is 1.48 bits per heavy atom. The molecule has 1 saturated heterocycles. The van der Waals surface area contributed by atoms with Gasteiger partial charge in [0.15, 0.2) is 0 Å². The van der Waals surface area contributed by atoms with Crippen LogP contribution in [0.2, 0.25) is 0 Å². The zero-order valence-electron chi connectivity index (χ0n) is 14.9. The molecule has 0 bridgehead atoms. The highest BCUT2D eigenvalue weighted by atomic mass is 16.3. The Bertz CT molecular complexity index is 381. The van der Waals surface area contributed by atoms with Gasteiger partial charge in [0.2, 0.25) is 0 Å². The summed E-state index contributed by atoms with van der Waals surface area (Å²) in [5.74, 6) is 0.416. The van der Waals surface area contributed by atoms with Crippen LogP contribution >= 0.6 is 0 Å². The van der Waals surface area contributed by atoms with Crippen molar-refractivity contribution in [2.45, 2.75) is 72.6 Å². The molecule has 0 unspecified atom stereocenters. The number of hydrogen-bond donors (Lipinski definition) is 2. The highest BCUT2D eigenvalue weighted by Crippen LogP contribution is 2.45. The number of benzene rings is 1. The second-order valence-corrected chi connectivity index (χ2v) is 4.87. The number of aryl methyl sites for hydroxylation is 1. The van der Waals surface area contributed by atoms with Gasteiger partial charge in [-0.15, -0.1) is 0 Å². The highest BCUT2D eigenvalue weighted by Gasteiger charge is 2.39. The van der Waals surface area contributed by atoms with Gasteiger partial charge in [-0.3, -0.25) is 0 Å². The fraction of sp³-hybridized carbons (Fsp3) is 0.684. The second-order valence-electron chi connectivity index (χ2n) is 4.87. The quantitative estimate of drug-likeness (QED) is 0.702. The maximum absolute atomic E-state index is 9.47. The lowest BCUT2D eigenvalue weighted by Crippen LogP contribution is -2.38. The van der Waals surface area contributed by atoms with Crippen LogP contribution in [0.25, 0.3) is 0 Å². The normalized spacial score (nSPS) is 17.2. The van der Waals surface area contributed by atoms with E-state index in [1.807, 2.05) is 53.7 Å². The van der Waals surface area contributed by atoms with Crippen molar-refractivity contribution in [3.63, 3.8) is 0 Å². The number of phenols is 1. The molecule has 0 aromatic heterocycles. The minimum atomic E-state index is 0.416. The van der Waals surface area contributed by atoms with E-state index in [1.165, 1.54) is 30.4 Å². The predicted molar refractivity (Wildman–Crippen MR) is 94.3 cm³/mol. The molecular weight excluding hydrogens is 258 g/mol. The fourth-order valence-electron chi connectivity index (χ4n) is 3.24. The molecule has 2 nitrogen and oxygen atoms in total. The molecule has 1 aromatic rings. The minimum absolute atomic E-state index is 0.416. The van der Waals surface area contributed by atoms with Gasteiger partial charge in [-0.1, -0.05) is 47.6 Å². The molecule has 1 aromatic carbocycles. The van der Waals surface area contributed by atoms with Crippen LogP contribution in [0.4, 0.5) is 0 Å². The molecule has 2 heteroatoms. The van der Waals surface area contributed by atoms with Crippen molar-refractivity contribution in [1.82, 2.24) is 5.32 Å². The minimum Gasteiger partial charge on any atom is -0.508 e. The molecule has 2 aliphatic rings. The number of phenolic OH excluding ortho intramolecular Hbond substituents is 1. The molecule has 3 rings (SSSR count). The van der Waals surface area contributed by atoms with Crippen LogP contribution in [0.15, 0.2) is 18.2 Å². The van der Waals surface area contributed by atoms with Crippen LogP contribution < -0.4 is 5.32 Å². The van der Waals surface area contributed by atoms with Crippen LogP contribution in [0.3, 0.4) is 0 Å². The number of hydrogen-bond acceptors (Lipinski definition) is 2. The van der Waals surface area contributed by atoms with Crippen molar-refractivity contribution in [3.05, 3.63) is 29.3 Å². The third-order valence-electron chi connectivity index (χ3n) is 4.09. The maximum Gasteiger partial charge on any atom is 0.115 e. The highest BCUT2D eigenvalue weighted by molar-refractivity contribution is 5.44. The van der Waals surface area contributed by atoms with Gasteiger partial charge in [0.1, 0.15) is 5.75 Å². The second kappa shape index (κ2) is 10.7. The van der Waals surface area contributed by atoms with E-state index in [1.54, 1.807) is 0 Å². The summed E-state index contributed by atoms with van der Waals surface area (Å²) in [5, 5.41) is 12.9. The number of fused-ring (bicyclic) bond motifs is 2. The lowest BCUT2D eigenvalue weighted by atomic mass is 9.74. The van der Waals surface area contributed by atoms with Gasteiger partial charge in [0, 0.05) is 0 Å². The van der Waals surface area contributed by atoms with Gasteiger partial charge < -0.3 is 10.4 Å². The van der Waals surface area contributed by atoms with Gasteiger partial charge in [-0.25, -0.2) is 0 Å². The molecule has 2 N–H and O–H groups in total. The number of piperidine rings is 1. The van der Waals surface area contributed by atoms with Gasteiger partial charge in [0.25, 0.3) is 0 Å². The van der Waals surface area contributed by atoms with Crippen molar-refractivity contribution in [1.29, 1.82) is 0 Å². The van der Waals surface area contributed by atoms with Crippen LogP contribution in [0.1, 0.15) is 71.9 Å². The monoisotopic (exact) mass is 293 g/mol. The summed E-state index contributed by atoms with van der Waals surface area (Å²) >= 11 is 0. The van der Waals surface area contributed by atoms with Crippen molar-refractivity contribution < 1.29 is 5.11 Å². The number of aromatic hydroxyl groups is 1. The Kier molecular flexibility index (Phi) is 10.2. The summed E-state index contributed by atoms with van der Waals surface area (Å²) < 4.78 is 0. The lowest BCUT2D eigenvalue weighted by molar-refractivity contribution is 0.306. The average molecular weight is 293 g/mol. The van der Waals surface area contributed by atoms with Crippen LogP contribution in [-0.2, 0) is 11.8 Å². The molecule has 1 heterocycles. The maximum atomic E-state index is 9.47. The van der Waals surface area contributed by atoms with E-state index in [9.17, 15) is 5.11 Å². The van der Waals surface area contributed by atoms with E-state index < -0.39 is 0 Å². The van der Waals surface area contributed by atoms with E-state index in [0.717, 1.165) is 19.5 Å². The van der Waals surface area contributed by atoms with Crippen molar-refractivity contribution in [2.24, 2.45) is 0 Å². The first-order valence-electron chi connectivity index (χ1n) is 8.83. The Morgan fingerprint density at radius 3 is 2.05 bits per heavy atom. The number of nitrogens with one attached hydrogen (secondary N) is 1. The summed E-state index contributed by atoms with van der Waals surface area (Å²) in [5.41, 5.74) is 3.30. The molecule has 1 fully saturated rings. The third-order valence-corrected chi connectivity index (χ3v) is 4.09. The Balaban J connectivity index is 0.000000598. The molecule has 1 aliphatic carbocycles. The first kappa shape index (κ1) is 20.0. The van der Waals surface area contributed by atoms with Gasteiger partial charge in [-0.2, -0.15) is 0 Å². The summed E-state index contributed by atoms with van der Waals surface area (Å²) in [4.78, 5) is 0. The average Bonchev–Trinajstić information content (AvgIpc) is 2.91. The zero-order valence-corrected chi connectivity index (χ0v) is 14.9. The predicted octanol–water partition coefficient (Wildman–Crippen LogP) is 5.04. The summed E-state index contributed by atoms with van der Waals surface area (Å²) in [6.07, 6.45) is 4.92. The molecule has 0 radical (unpaired) electrons. The molecule has 0 atom stereocenters. The van der Waals surface area contributed by atoms with E-state index >= 15 is 0 Å². The van der Waals surface area contributed by atoms with Gasteiger partial charge in [-0.05, 0) is 67.4 Å².